The number of nitrogens with zero attached hydrogens (tertiary/aromatic N) is 2. The Hall–Kier alpha value is -1.74. The fraction of sp³-hybridized carbons (Fsp3) is 0.308. The minimum absolute atomic E-state index is 0.439. The van der Waals surface area contributed by atoms with E-state index in [1.165, 1.54) is 29.2 Å². The van der Waals surface area contributed by atoms with Crippen molar-refractivity contribution in [2.45, 2.75) is 23.4 Å². The number of halogens is 2. The van der Waals surface area contributed by atoms with Crippen LogP contribution in [0.15, 0.2) is 22.5 Å². The zero-order valence-electron chi connectivity index (χ0n) is 11.9. The number of hydrogen-bond acceptors (Lipinski definition) is 6. The van der Waals surface area contributed by atoms with E-state index in [4.69, 9.17) is 0 Å². The number of para-hydroxylation sites is 1. The molecule has 0 saturated carbocycles. The van der Waals surface area contributed by atoms with Gasteiger partial charge >= 0.3 is 0 Å². The first kappa shape index (κ1) is 16.6. The highest BCUT2D eigenvalue weighted by atomic mass is 32.2. The van der Waals surface area contributed by atoms with Gasteiger partial charge in [-0.2, -0.15) is 0 Å². The second-order valence-corrected chi connectivity index (χ2v) is 6.81. The van der Waals surface area contributed by atoms with E-state index in [1.54, 1.807) is 6.92 Å². The molecule has 1 atom stereocenters. The molecule has 1 aromatic heterocycles. The van der Waals surface area contributed by atoms with Crippen LogP contribution in [0.4, 0.5) is 19.6 Å². The van der Waals surface area contributed by atoms with Crippen molar-refractivity contribution in [1.82, 2.24) is 10.2 Å². The molecular formula is C13H14F2N4OS2. The van der Waals surface area contributed by atoms with Crippen LogP contribution in [0.25, 0.3) is 0 Å². The second kappa shape index (κ2) is 7.50. The van der Waals surface area contributed by atoms with Crippen LogP contribution in [-0.2, 0) is 4.79 Å². The molecule has 2 N–H and O–H groups in total. The van der Waals surface area contributed by atoms with E-state index in [1.807, 2.05) is 6.92 Å². The van der Waals surface area contributed by atoms with E-state index in [0.29, 0.717) is 9.47 Å². The number of amides is 1. The molecule has 5 nitrogen and oxygen atoms in total. The topological polar surface area (TPSA) is 66.9 Å². The maximum Gasteiger partial charge on any atom is 0.237 e. The summed E-state index contributed by atoms with van der Waals surface area (Å²) in [7, 11) is 0. The molecule has 0 fully saturated rings. The van der Waals surface area contributed by atoms with Crippen molar-refractivity contribution in [2.75, 3.05) is 17.2 Å². The van der Waals surface area contributed by atoms with Crippen molar-refractivity contribution < 1.29 is 13.6 Å². The van der Waals surface area contributed by atoms with Crippen molar-refractivity contribution in [1.29, 1.82) is 0 Å². The average Bonchev–Trinajstić information content (AvgIpc) is 2.90. The molecule has 1 amide bonds. The first-order valence-electron chi connectivity index (χ1n) is 6.50. The minimum Gasteiger partial charge on any atom is -0.360 e. The number of carbonyl (C=O) groups excluding carboxylic acids is 1. The van der Waals surface area contributed by atoms with Crippen LogP contribution in [0.5, 0.6) is 0 Å². The summed E-state index contributed by atoms with van der Waals surface area (Å²) in [6.45, 7) is 4.29. The van der Waals surface area contributed by atoms with Gasteiger partial charge in [-0.3, -0.25) is 4.79 Å². The highest BCUT2D eigenvalue weighted by Gasteiger charge is 2.20. The average molecular weight is 344 g/mol. The van der Waals surface area contributed by atoms with Crippen molar-refractivity contribution in [2.24, 2.45) is 0 Å². The number of benzene rings is 1. The summed E-state index contributed by atoms with van der Waals surface area (Å²) >= 11 is 2.49. The smallest absolute Gasteiger partial charge is 0.237 e. The molecule has 0 bridgehead atoms. The predicted octanol–water partition coefficient (Wildman–Crippen LogP) is 3.37. The van der Waals surface area contributed by atoms with Crippen LogP contribution in [0, 0.1) is 11.6 Å². The van der Waals surface area contributed by atoms with Gasteiger partial charge in [0.05, 0.1) is 5.25 Å². The molecule has 2 rings (SSSR count). The molecule has 0 spiro atoms. The maximum absolute atomic E-state index is 13.5. The number of aromatic nitrogens is 2. The number of hydrogen-bond donors (Lipinski definition) is 2. The molecule has 0 aliphatic heterocycles. The van der Waals surface area contributed by atoms with Crippen molar-refractivity contribution >= 4 is 39.8 Å². The summed E-state index contributed by atoms with van der Waals surface area (Å²) in [5, 5.41) is 13.2. The summed E-state index contributed by atoms with van der Waals surface area (Å²) in [6, 6.07) is 3.41. The Morgan fingerprint density at radius 2 is 2.05 bits per heavy atom. The number of thioether (sulfide) groups is 1. The van der Waals surface area contributed by atoms with E-state index < -0.39 is 28.5 Å². The summed E-state index contributed by atoms with van der Waals surface area (Å²) < 4.78 is 27.6. The van der Waals surface area contributed by atoms with E-state index >= 15 is 0 Å². The molecular weight excluding hydrogens is 330 g/mol. The first-order valence-corrected chi connectivity index (χ1v) is 8.19. The zero-order valence-corrected chi connectivity index (χ0v) is 13.5. The standard InChI is InChI=1S/C13H14F2N4OS2/c1-3-16-12-18-19-13(22-12)21-7(2)11(20)17-10-8(14)5-4-6-9(10)15/h4-7H,3H2,1-2H3,(H,16,18)(H,17,20)/t7-/m0/s1. The van der Waals surface area contributed by atoms with Crippen LogP contribution in [0.3, 0.4) is 0 Å². The molecule has 0 aliphatic carbocycles. The summed E-state index contributed by atoms with van der Waals surface area (Å²) in [4.78, 5) is 12.0. The molecule has 1 aromatic carbocycles. The van der Waals surface area contributed by atoms with Gasteiger partial charge in [0.15, 0.2) is 4.34 Å². The zero-order chi connectivity index (χ0) is 16.1. The number of anilines is 2. The Kier molecular flexibility index (Phi) is 5.67. The first-order chi connectivity index (χ1) is 10.5. The quantitative estimate of drug-likeness (QED) is 0.787. The molecule has 0 aliphatic rings. The normalized spacial score (nSPS) is 12.0. The van der Waals surface area contributed by atoms with E-state index in [2.05, 4.69) is 20.8 Å². The monoisotopic (exact) mass is 344 g/mol. The molecule has 2 aromatic rings. The fourth-order valence-electron chi connectivity index (χ4n) is 1.53. The largest absolute Gasteiger partial charge is 0.360 e. The molecule has 0 saturated heterocycles. The van der Waals surface area contributed by atoms with Gasteiger partial charge in [0, 0.05) is 6.54 Å². The van der Waals surface area contributed by atoms with Crippen molar-refractivity contribution in [3.05, 3.63) is 29.8 Å². The highest BCUT2D eigenvalue weighted by Crippen LogP contribution is 2.29. The van der Waals surface area contributed by atoms with Gasteiger partial charge in [-0.25, -0.2) is 8.78 Å². The third kappa shape index (κ3) is 4.14. The highest BCUT2D eigenvalue weighted by molar-refractivity contribution is 8.02. The van der Waals surface area contributed by atoms with E-state index in [9.17, 15) is 13.6 Å². The van der Waals surface area contributed by atoms with E-state index in [-0.39, 0.29) is 0 Å². The van der Waals surface area contributed by atoms with Gasteiger partial charge in [0.1, 0.15) is 17.3 Å². The summed E-state index contributed by atoms with van der Waals surface area (Å²) in [6.07, 6.45) is 0. The van der Waals surface area contributed by atoms with Crippen LogP contribution in [-0.4, -0.2) is 27.9 Å². The SMILES string of the molecule is CCNc1nnc(S[C@@H](C)C(=O)Nc2c(F)cccc2F)s1. The van der Waals surface area contributed by atoms with Gasteiger partial charge in [-0.15, -0.1) is 10.2 Å². The Bertz CT molecular complexity index is 645. The fourth-order valence-corrected chi connectivity index (χ4v) is 3.49. The summed E-state index contributed by atoms with van der Waals surface area (Å²) in [5.74, 6) is -2.12. The molecule has 22 heavy (non-hydrogen) atoms. The lowest BCUT2D eigenvalue weighted by molar-refractivity contribution is -0.115. The van der Waals surface area contributed by atoms with Crippen LogP contribution in [0.2, 0.25) is 0 Å². The Labute approximate surface area is 134 Å². The Morgan fingerprint density at radius 1 is 1.36 bits per heavy atom. The lowest BCUT2D eigenvalue weighted by atomic mass is 10.3. The molecule has 0 unspecified atom stereocenters. The van der Waals surface area contributed by atoms with Crippen LogP contribution in [0.1, 0.15) is 13.8 Å². The van der Waals surface area contributed by atoms with Crippen LogP contribution >= 0.6 is 23.1 Å². The number of nitrogens with one attached hydrogen (secondary N) is 2. The lowest BCUT2D eigenvalue weighted by Crippen LogP contribution is -2.23. The molecule has 118 valence electrons. The number of rotatable bonds is 6. The predicted molar refractivity (Wildman–Crippen MR) is 84.4 cm³/mol. The second-order valence-electron chi connectivity index (χ2n) is 4.25. The summed E-state index contributed by atoms with van der Waals surface area (Å²) in [5.41, 5.74) is -0.439. The lowest BCUT2D eigenvalue weighted by Gasteiger charge is -2.11. The Balaban J connectivity index is 1.99. The van der Waals surface area contributed by atoms with Gasteiger partial charge in [-0.1, -0.05) is 29.2 Å². The third-order valence-electron chi connectivity index (χ3n) is 2.59. The van der Waals surface area contributed by atoms with Crippen LogP contribution < -0.4 is 10.6 Å². The molecule has 1 heterocycles. The minimum atomic E-state index is -0.809. The van der Waals surface area contributed by atoms with Gasteiger partial charge < -0.3 is 10.6 Å². The number of carbonyl (C=O) groups is 1. The van der Waals surface area contributed by atoms with Crippen molar-refractivity contribution in [3.8, 4) is 0 Å². The Morgan fingerprint density at radius 3 is 2.68 bits per heavy atom. The van der Waals surface area contributed by atoms with E-state index in [0.717, 1.165) is 18.7 Å². The van der Waals surface area contributed by atoms with Gasteiger partial charge in [-0.05, 0) is 26.0 Å². The molecule has 0 radical (unpaired) electrons. The van der Waals surface area contributed by atoms with Gasteiger partial charge in [0.25, 0.3) is 0 Å². The van der Waals surface area contributed by atoms with Gasteiger partial charge in [0.2, 0.25) is 11.0 Å². The van der Waals surface area contributed by atoms with Crippen molar-refractivity contribution in [3.63, 3.8) is 0 Å². The molecule has 9 heteroatoms. The maximum atomic E-state index is 13.5. The third-order valence-corrected chi connectivity index (χ3v) is 4.66.